The minimum atomic E-state index is 0.286. The highest BCUT2D eigenvalue weighted by Gasteiger charge is 2.30. The van der Waals surface area contributed by atoms with Crippen LogP contribution in [0.5, 0.6) is 0 Å². The molecule has 3 nitrogen and oxygen atoms in total. The highest BCUT2D eigenvalue weighted by molar-refractivity contribution is 5.79. The van der Waals surface area contributed by atoms with Gasteiger partial charge in [-0.15, -0.1) is 0 Å². The van der Waals surface area contributed by atoms with Gasteiger partial charge >= 0.3 is 0 Å². The molecule has 0 saturated heterocycles. The Morgan fingerprint density at radius 3 is 2.29 bits per heavy atom. The molecule has 0 aromatic heterocycles. The van der Waals surface area contributed by atoms with Crippen LogP contribution < -0.4 is 15.5 Å². The molecule has 3 rings (SSSR count). The molecule has 2 aromatic carbocycles. The van der Waals surface area contributed by atoms with E-state index in [2.05, 4.69) is 78.0 Å². The van der Waals surface area contributed by atoms with E-state index in [1.807, 2.05) is 0 Å². The number of anilines is 2. The smallest absolute Gasteiger partial charge is 0.142 e. The van der Waals surface area contributed by atoms with Gasteiger partial charge in [0.25, 0.3) is 0 Å². The van der Waals surface area contributed by atoms with Crippen molar-refractivity contribution >= 4 is 11.4 Å². The van der Waals surface area contributed by atoms with Gasteiger partial charge in [-0.25, -0.2) is 0 Å². The Balaban J connectivity index is 1.98. The number of fused-ring (bicyclic) bond motifs is 1. The van der Waals surface area contributed by atoms with E-state index in [9.17, 15) is 0 Å². The third-order valence-corrected chi connectivity index (χ3v) is 4.03. The number of rotatable bonds is 5. The summed E-state index contributed by atoms with van der Waals surface area (Å²) in [6.07, 6.45) is 0.937. The first kappa shape index (κ1) is 14.0. The summed E-state index contributed by atoms with van der Waals surface area (Å²) in [7, 11) is 0. The molecule has 0 saturated carbocycles. The summed E-state index contributed by atoms with van der Waals surface area (Å²) in [5, 5.41) is 0. The van der Waals surface area contributed by atoms with E-state index >= 15 is 0 Å². The van der Waals surface area contributed by atoms with E-state index in [0.717, 1.165) is 13.0 Å². The Bertz CT molecular complexity index is 582. The van der Waals surface area contributed by atoms with Gasteiger partial charge in [0, 0.05) is 6.54 Å². The molecule has 0 aliphatic carbocycles. The molecule has 2 aromatic rings. The normalized spacial score (nSPS) is 15.1. The van der Waals surface area contributed by atoms with Crippen molar-refractivity contribution in [2.75, 3.05) is 22.9 Å². The summed E-state index contributed by atoms with van der Waals surface area (Å²) in [6, 6.07) is 19.5. The van der Waals surface area contributed by atoms with Crippen molar-refractivity contribution in [2.24, 2.45) is 5.73 Å². The third-order valence-electron chi connectivity index (χ3n) is 4.03. The largest absolute Gasteiger partial charge is 0.346 e. The average Bonchev–Trinajstić information content (AvgIpc) is 2.92. The van der Waals surface area contributed by atoms with Crippen LogP contribution in [-0.2, 0) is 0 Å². The molecule has 2 N–H and O–H groups in total. The predicted octanol–water partition coefficient (Wildman–Crippen LogP) is 3.54. The van der Waals surface area contributed by atoms with Crippen molar-refractivity contribution < 1.29 is 0 Å². The zero-order valence-corrected chi connectivity index (χ0v) is 12.4. The van der Waals surface area contributed by atoms with E-state index in [-0.39, 0.29) is 6.04 Å². The van der Waals surface area contributed by atoms with Crippen LogP contribution in [0.15, 0.2) is 54.6 Å². The fourth-order valence-corrected chi connectivity index (χ4v) is 3.00. The molecular weight excluding hydrogens is 258 g/mol. The Hall–Kier alpha value is -2.00. The molecule has 21 heavy (non-hydrogen) atoms. The maximum Gasteiger partial charge on any atom is 0.142 e. The van der Waals surface area contributed by atoms with Crippen LogP contribution in [0, 0.1) is 6.67 Å². The van der Waals surface area contributed by atoms with Crippen molar-refractivity contribution in [3.63, 3.8) is 0 Å². The van der Waals surface area contributed by atoms with E-state index in [1.165, 1.54) is 16.9 Å². The molecular formula is C18H22N3. The first-order valence-corrected chi connectivity index (χ1v) is 7.59. The molecule has 3 heteroatoms. The molecule has 1 unspecified atom stereocenters. The molecule has 0 bridgehead atoms. The number of benzene rings is 2. The molecule has 1 aliphatic heterocycles. The molecule has 109 valence electrons. The van der Waals surface area contributed by atoms with Gasteiger partial charge in [-0.3, -0.25) is 0 Å². The maximum atomic E-state index is 5.87. The van der Waals surface area contributed by atoms with Crippen LogP contribution in [-0.4, -0.2) is 13.1 Å². The molecule has 1 heterocycles. The van der Waals surface area contributed by atoms with Gasteiger partial charge in [-0.2, -0.15) is 0 Å². The molecule has 1 atom stereocenters. The van der Waals surface area contributed by atoms with Crippen molar-refractivity contribution in [1.82, 2.24) is 0 Å². The van der Waals surface area contributed by atoms with Crippen LogP contribution in [0.1, 0.15) is 24.9 Å². The number of nitrogens with two attached hydrogens (primary N) is 1. The monoisotopic (exact) mass is 280 g/mol. The van der Waals surface area contributed by atoms with Gasteiger partial charge in [0.1, 0.15) is 6.67 Å². The molecule has 0 amide bonds. The predicted molar refractivity (Wildman–Crippen MR) is 89.1 cm³/mol. The highest BCUT2D eigenvalue weighted by Crippen LogP contribution is 2.43. The SMILES string of the molecule is CCN1[CH]N(C(CCN)c2ccccc2)c2ccccc21. The maximum absolute atomic E-state index is 5.87. The minimum absolute atomic E-state index is 0.286. The molecule has 1 radical (unpaired) electrons. The second-order valence-corrected chi connectivity index (χ2v) is 5.30. The van der Waals surface area contributed by atoms with Crippen LogP contribution in [0.3, 0.4) is 0 Å². The fourth-order valence-electron chi connectivity index (χ4n) is 3.00. The number of hydrogen-bond acceptors (Lipinski definition) is 3. The Morgan fingerprint density at radius 1 is 0.952 bits per heavy atom. The highest BCUT2D eigenvalue weighted by atomic mass is 15.4. The standard InChI is InChI=1S/C18H22N3/c1-2-20-14-21(18-11-7-6-10-17(18)20)16(12-13-19)15-8-4-3-5-9-15/h3-11,14,16H,2,12-13,19H2,1H3. The van der Waals surface area contributed by atoms with Crippen molar-refractivity contribution in [2.45, 2.75) is 19.4 Å². The third kappa shape index (κ3) is 2.61. The van der Waals surface area contributed by atoms with E-state index in [4.69, 9.17) is 5.73 Å². The number of nitrogens with zero attached hydrogens (tertiary/aromatic N) is 2. The summed E-state index contributed by atoms with van der Waals surface area (Å²) in [5.41, 5.74) is 9.72. The van der Waals surface area contributed by atoms with Crippen LogP contribution in [0.25, 0.3) is 0 Å². The summed E-state index contributed by atoms with van der Waals surface area (Å²) < 4.78 is 0. The van der Waals surface area contributed by atoms with Crippen molar-refractivity contribution in [3.05, 3.63) is 66.8 Å². The van der Waals surface area contributed by atoms with Crippen LogP contribution in [0.4, 0.5) is 11.4 Å². The van der Waals surface area contributed by atoms with Crippen molar-refractivity contribution in [3.8, 4) is 0 Å². The first-order valence-electron chi connectivity index (χ1n) is 7.59. The Kier molecular flexibility index (Phi) is 4.11. The van der Waals surface area contributed by atoms with Crippen LogP contribution >= 0.6 is 0 Å². The zero-order valence-electron chi connectivity index (χ0n) is 12.4. The summed E-state index contributed by atoms with van der Waals surface area (Å²) in [4.78, 5) is 4.66. The second kappa shape index (κ2) is 6.19. The van der Waals surface area contributed by atoms with Gasteiger partial charge in [0.2, 0.25) is 0 Å². The van der Waals surface area contributed by atoms with E-state index in [0.29, 0.717) is 6.54 Å². The zero-order chi connectivity index (χ0) is 14.7. The second-order valence-electron chi connectivity index (χ2n) is 5.30. The average molecular weight is 280 g/mol. The quantitative estimate of drug-likeness (QED) is 0.909. The van der Waals surface area contributed by atoms with Gasteiger partial charge in [-0.05, 0) is 37.6 Å². The lowest BCUT2D eigenvalue weighted by Crippen LogP contribution is -2.30. The van der Waals surface area contributed by atoms with Gasteiger partial charge < -0.3 is 15.5 Å². The lowest BCUT2D eigenvalue weighted by atomic mass is 10.0. The van der Waals surface area contributed by atoms with Crippen LogP contribution in [0.2, 0.25) is 0 Å². The number of hydrogen-bond donors (Lipinski definition) is 1. The Labute approximate surface area is 127 Å². The van der Waals surface area contributed by atoms with E-state index < -0.39 is 0 Å². The minimum Gasteiger partial charge on any atom is -0.346 e. The molecule has 0 spiro atoms. The fraction of sp³-hybridized carbons (Fsp3) is 0.278. The van der Waals surface area contributed by atoms with Gasteiger partial charge in [-0.1, -0.05) is 42.5 Å². The first-order chi connectivity index (χ1) is 10.3. The Morgan fingerprint density at radius 2 is 1.62 bits per heavy atom. The van der Waals surface area contributed by atoms with E-state index in [1.54, 1.807) is 0 Å². The number of para-hydroxylation sites is 2. The lowest BCUT2D eigenvalue weighted by Gasteiger charge is -2.30. The summed E-state index contributed by atoms with van der Waals surface area (Å²) in [5.74, 6) is 0. The molecule has 0 fully saturated rings. The lowest BCUT2D eigenvalue weighted by molar-refractivity contribution is 0.619. The summed E-state index contributed by atoms with van der Waals surface area (Å²) in [6.45, 7) is 6.05. The van der Waals surface area contributed by atoms with Gasteiger partial charge in [0.15, 0.2) is 0 Å². The van der Waals surface area contributed by atoms with Crippen molar-refractivity contribution in [1.29, 1.82) is 0 Å². The molecule has 1 aliphatic rings. The van der Waals surface area contributed by atoms with Gasteiger partial charge in [0.05, 0.1) is 17.4 Å². The summed E-state index contributed by atoms with van der Waals surface area (Å²) >= 11 is 0. The topological polar surface area (TPSA) is 32.5 Å².